The molecule has 0 bridgehead atoms. The molecular formula is C16H23NO2. The molecular weight excluding hydrogens is 238 g/mol. The predicted octanol–water partition coefficient (Wildman–Crippen LogP) is 3.10. The molecule has 1 aromatic carbocycles. The summed E-state index contributed by atoms with van der Waals surface area (Å²) >= 11 is 0. The third-order valence-corrected chi connectivity index (χ3v) is 3.56. The molecule has 2 unspecified atom stereocenters. The highest BCUT2D eigenvalue weighted by atomic mass is 16.5. The minimum absolute atomic E-state index is 0.164. The van der Waals surface area contributed by atoms with Crippen LogP contribution >= 0.6 is 0 Å². The van der Waals surface area contributed by atoms with Gasteiger partial charge in [-0.05, 0) is 37.0 Å². The van der Waals surface area contributed by atoms with E-state index < -0.39 is 0 Å². The first-order valence-corrected chi connectivity index (χ1v) is 7.12. The molecule has 1 N–H and O–H groups in total. The Kier molecular flexibility index (Phi) is 4.46. The van der Waals surface area contributed by atoms with Crippen molar-refractivity contribution < 1.29 is 9.53 Å². The lowest BCUT2D eigenvalue weighted by Crippen LogP contribution is -2.29. The van der Waals surface area contributed by atoms with Crippen LogP contribution in [-0.2, 0) is 4.79 Å². The molecule has 3 heteroatoms. The molecule has 0 saturated carbocycles. The summed E-state index contributed by atoms with van der Waals surface area (Å²) in [6.45, 7) is 7.03. The lowest BCUT2D eigenvalue weighted by atomic mass is 9.87. The van der Waals surface area contributed by atoms with Crippen LogP contribution < -0.4 is 10.1 Å². The van der Waals surface area contributed by atoms with Crippen molar-refractivity contribution in [1.29, 1.82) is 0 Å². The van der Waals surface area contributed by atoms with Gasteiger partial charge in [0.25, 0.3) is 0 Å². The van der Waals surface area contributed by atoms with Gasteiger partial charge < -0.3 is 10.1 Å². The Hall–Kier alpha value is -1.51. The summed E-state index contributed by atoms with van der Waals surface area (Å²) in [7, 11) is 0. The normalized spacial score (nSPS) is 22.6. The Bertz CT molecular complexity index is 442. The van der Waals surface area contributed by atoms with Gasteiger partial charge in [-0.1, -0.05) is 26.0 Å². The van der Waals surface area contributed by atoms with Crippen molar-refractivity contribution in [1.82, 2.24) is 5.32 Å². The van der Waals surface area contributed by atoms with Crippen LogP contribution in [-0.4, -0.2) is 18.6 Å². The number of hydrogen-bond acceptors (Lipinski definition) is 2. The maximum atomic E-state index is 11.7. The minimum Gasteiger partial charge on any atom is -0.494 e. The summed E-state index contributed by atoms with van der Waals surface area (Å²) in [6.07, 6.45) is 1.61. The SMILES string of the molecule is CCOc1cccc(C2CC(=O)NC2CC(C)C)c1. The molecule has 0 aliphatic carbocycles. The Balaban J connectivity index is 2.18. The van der Waals surface area contributed by atoms with Crippen LogP contribution in [0.25, 0.3) is 0 Å². The fourth-order valence-corrected chi connectivity index (χ4v) is 2.79. The average molecular weight is 261 g/mol. The van der Waals surface area contributed by atoms with Crippen LogP contribution in [0.4, 0.5) is 0 Å². The van der Waals surface area contributed by atoms with Gasteiger partial charge in [0, 0.05) is 18.4 Å². The van der Waals surface area contributed by atoms with Gasteiger partial charge in [-0.2, -0.15) is 0 Å². The quantitative estimate of drug-likeness (QED) is 0.884. The number of amides is 1. The summed E-state index contributed by atoms with van der Waals surface area (Å²) in [5.41, 5.74) is 1.20. The molecule has 1 heterocycles. The van der Waals surface area contributed by atoms with E-state index in [4.69, 9.17) is 4.74 Å². The Morgan fingerprint density at radius 1 is 1.42 bits per heavy atom. The number of hydrogen-bond donors (Lipinski definition) is 1. The third kappa shape index (κ3) is 3.49. The zero-order chi connectivity index (χ0) is 13.8. The van der Waals surface area contributed by atoms with Crippen LogP contribution in [0.1, 0.15) is 45.1 Å². The largest absolute Gasteiger partial charge is 0.494 e. The molecule has 104 valence electrons. The van der Waals surface area contributed by atoms with Crippen molar-refractivity contribution in [3.05, 3.63) is 29.8 Å². The monoisotopic (exact) mass is 261 g/mol. The van der Waals surface area contributed by atoms with Crippen molar-refractivity contribution in [3.8, 4) is 5.75 Å². The van der Waals surface area contributed by atoms with Crippen LogP contribution in [0.5, 0.6) is 5.75 Å². The summed E-state index contributed by atoms with van der Waals surface area (Å²) in [5.74, 6) is 1.91. The molecule has 2 rings (SSSR count). The smallest absolute Gasteiger partial charge is 0.220 e. The number of rotatable bonds is 5. The lowest BCUT2D eigenvalue weighted by Gasteiger charge is -2.21. The van der Waals surface area contributed by atoms with Crippen LogP contribution in [0.15, 0.2) is 24.3 Å². The molecule has 2 atom stereocenters. The molecule has 1 aliphatic heterocycles. The maximum Gasteiger partial charge on any atom is 0.220 e. The van der Waals surface area contributed by atoms with Crippen LogP contribution in [0.3, 0.4) is 0 Å². The van der Waals surface area contributed by atoms with Crippen molar-refractivity contribution in [2.45, 2.75) is 45.6 Å². The first-order valence-electron chi connectivity index (χ1n) is 7.12. The first-order chi connectivity index (χ1) is 9.10. The molecule has 1 aromatic rings. The predicted molar refractivity (Wildman–Crippen MR) is 76.4 cm³/mol. The van der Waals surface area contributed by atoms with E-state index in [0.29, 0.717) is 18.9 Å². The lowest BCUT2D eigenvalue weighted by molar-refractivity contribution is -0.119. The molecule has 3 nitrogen and oxygen atoms in total. The fourth-order valence-electron chi connectivity index (χ4n) is 2.79. The Morgan fingerprint density at radius 3 is 2.89 bits per heavy atom. The summed E-state index contributed by atoms with van der Waals surface area (Å²) in [6, 6.07) is 8.40. The minimum atomic E-state index is 0.164. The zero-order valence-electron chi connectivity index (χ0n) is 12.0. The standard InChI is InChI=1S/C16H23NO2/c1-4-19-13-7-5-6-12(9-13)14-10-16(18)17-15(14)8-11(2)3/h5-7,9,11,14-15H,4,8,10H2,1-3H3,(H,17,18). The molecule has 1 aliphatic rings. The van der Waals surface area contributed by atoms with Gasteiger partial charge in [0.15, 0.2) is 0 Å². The van der Waals surface area contributed by atoms with E-state index >= 15 is 0 Å². The summed E-state index contributed by atoms with van der Waals surface area (Å²) < 4.78 is 5.54. The number of nitrogens with one attached hydrogen (secondary N) is 1. The highest BCUT2D eigenvalue weighted by molar-refractivity contribution is 5.80. The number of carbonyl (C=O) groups excluding carboxylic acids is 1. The zero-order valence-corrected chi connectivity index (χ0v) is 12.0. The summed E-state index contributed by atoms with van der Waals surface area (Å²) in [5, 5.41) is 3.11. The van der Waals surface area contributed by atoms with Crippen molar-refractivity contribution in [2.75, 3.05) is 6.61 Å². The number of carbonyl (C=O) groups is 1. The Morgan fingerprint density at radius 2 is 2.21 bits per heavy atom. The first kappa shape index (κ1) is 13.9. The van der Waals surface area contributed by atoms with E-state index in [1.165, 1.54) is 5.56 Å². The van der Waals surface area contributed by atoms with E-state index in [-0.39, 0.29) is 17.9 Å². The van der Waals surface area contributed by atoms with Crippen molar-refractivity contribution >= 4 is 5.91 Å². The second-order valence-corrected chi connectivity index (χ2v) is 5.62. The maximum absolute atomic E-state index is 11.7. The highest BCUT2D eigenvalue weighted by Crippen LogP contribution is 2.33. The molecule has 0 aromatic heterocycles. The van der Waals surface area contributed by atoms with Gasteiger partial charge in [-0.15, -0.1) is 0 Å². The molecule has 19 heavy (non-hydrogen) atoms. The highest BCUT2D eigenvalue weighted by Gasteiger charge is 2.33. The van der Waals surface area contributed by atoms with E-state index in [9.17, 15) is 4.79 Å². The van der Waals surface area contributed by atoms with E-state index in [0.717, 1.165) is 12.2 Å². The molecule has 0 radical (unpaired) electrons. The topological polar surface area (TPSA) is 38.3 Å². The number of ether oxygens (including phenoxy) is 1. The Labute approximate surface area is 115 Å². The van der Waals surface area contributed by atoms with Gasteiger partial charge >= 0.3 is 0 Å². The van der Waals surface area contributed by atoms with Gasteiger partial charge in [0.1, 0.15) is 5.75 Å². The second kappa shape index (κ2) is 6.09. The van der Waals surface area contributed by atoms with Crippen LogP contribution in [0.2, 0.25) is 0 Å². The fraction of sp³-hybridized carbons (Fsp3) is 0.562. The third-order valence-electron chi connectivity index (χ3n) is 3.56. The molecule has 1 amide bonds. The van der Waals surface area contributed by atoms with Crippen molar-refractivity contribution in [3.63, 3.8) is 0 Å². The van der Waals surface area contributed by atoms with E-state index in [1.54, 1.807) is 0 Å². The van der Waals surface area contributed by atoms with Gasteiger partial charge in [0.2, 0.25) is 5.91 Å². The molecule has 1 saturated heterocycles. The molecule has 1 fully saturated rings. The summed E-state index contributed by atoms with van der Waals surface area (Å²) in [4.78, 5) is 11.7. The van der Waals surface area contributed by atoms with Gasteiger partial charge in [-0.25, -0.2) is 0 Å². The van der Waals surface area contributed by atoms with E-state index in [1.807, 2.05) is 19.1 Å². The van der Waals surface area contributed by atoms with Gasteiger partial charge in [0.05, 0.1) is 6.61 Å². The van der Waals surface area contributed by atoms with Crippen LogP contribution in [0, 0.1) is 5.92 Å². The van der Waals surface area contributed by atoms with Crippen molar-refractivity contribution in [2.24, 2.45) is 5.92 Å². The second-order valence-electron chi connectivity index (χ2n) is 5.62. The average Bonchev–Trinajstić information content (AvgIpc) is 2.70. The number of benzene rings is 1. The van der Waals surface area contributed by atoms with Gasteiger partial charge in [-0.3, -0.25) is 4.79 Å². The van der Waals surface area contributed by atoms with E-state index in [2.05, 4.69) is 31.3 Å². The molecule has 0 spiro atoms.